The molecule has 0 aliphatic heterocycles. The van der Waals surface area contributed by atoms with Crippen LogP contribution >= 0.6 is 11.3 Å². The molecule has 0 saturated heterocycles. The fraction of sp³-hybridized carbons (Fsp3) is 0.0714. The van der Waals surface area contributed by atoms with Crippen LogP contribution in [0.3, 0.4) is 0 Å². The largest absolute Gasteiger partial charge is 0.433 e. The number of furan rings is 1. The smallest absolute Gasteiger partial charge is 0.401 e. The molecule has 10 heteroatoms. The molecular weight excluding hydrogens is 336 g/mol. The van der Waals surface area contributed by atoms with E-state index in [-0.39, 0.29) is 24.1 Å². The lowest BCUT2D eigenvalue weighted by atomic mass is 10.4. The number of hydrazone groups is 1. The van der Waals surface area contributed by atoms with Crippen LogP contribution in [0.25, 0.3) is 6.08 Å². The maximum Gasteiger partial charge on any atom is 0.433 e. The van der Waals surface area contributed by atoms with Gasteiger partial charge >= 0.3 is 5.88 Å². The molecule has 0 aliphatic rings. The number of allylic oxidation sites excluding steroid dienone is 1. The van der Waals surface area contributed by atoms with Crippen LogP contribution in [-0.4, -0.2) is 29.5 Å². The summed E-state index contributed by atoms with van der Waals surface area (Å²) in [6.45, 7) is -0.206. The molecule has 0 aliphatic carbocycles. The minimum absolute atomic E-state index is 0.206. The predicted octanol–water partition coefficient (Wildman–Crippen LogP) is 1.79. The monoisotopic (exact) mass is 348 g/mol. The van der Waals surface area contributed by atoms with E-state index in [4.69, 9.17) is 4.42 Å². The highest BCUT2D eigenvalue weighted by molar-refractivity contribution is 7.12. The van der Waals surface area contributed by atoms with Crippen molar-refractivity contribution in [3.8, 4) is 0 Å². The van der Waals surface area contributed by atoms with Gasteiger partial charge in [-0.2, -0.15) is 5.10 Å². The molecule has 0 radical (unpaired) electrons. The van der Waals surface area contributed by atoms with Crippen LogP contribution < -0.4 is 10.7 Å². The Morgan fingerprint density at radius 1 is 1.38 bits per heavy atom. The van der Waals surface area contributed by atoms with Gasteiger partial charge in [-0.05, 0) is 29.7 Å². The lowest BCUT2D eigenvalue weighted by molar-refractivity contribution is -0.402. The van der Waals surface area contributed by atoms with Gasteiger partial charge in [-0.1, -0.05) is 6.07 Å². The third-order valence-corrected chi connectivity index (χ3v) is 3.43. The fourth-order valence-corrected chi connectivity index (χ4v) is 2.16. The molecule has 0 aromatic carbocycles. The van der Waals surface area contributed by atoms with Gasteiger partial charge in [0.25, 0.3) is 11.8 Å². The molecule has 0 saturated carbocycles. The third kappa shape index (κ3) is 5.18. The third-order valence-electron chi connectivity index (χ3n) is 2.56. The molecule has 0 unspecified atom stereocenters. The Morgan fingerprint density at radius 2 is 2.21 bits per heavy atom. The first-order valence-electron chi connectivity index (χ1n) is 6.61. The Bertz CT molecular complexity index is 779. The van der Waals surface area contributed by atoms with Crippen molar-refractivity contribution in [2.45, 2.75) is 0 Å². The summed E-state index contributed by atoms with van der Waals surface area (Å²) in [6.07, 6.45) is 4.15. The van der Waals surface area contributed by atoms with E-state index in [0.29, 0.717) is 4.88 Å². The molecule has 2 heterocycles. The van der Waals surface area contributed by atoms with Crippen molar-refractivity contribution in [2.75, 3.05) is 6.54 Å². The number of hydrogen-bond donors (Lipinski definition) is 2. The van der Waals surface area contributed by atoms with E-state index < -0.39 is 10.8 Å². The second-order valence-electron chi connectivity index (χ2n) is 4.27. The number of nitro groups is 1. The summed E-state index contributed by atoms with van der Waals surface area (Å²) in [4.78, 5) is 33.4. The number of thiophene rings is 1. The van der Waals surface area contributed by atoms with E-state index in [2.05, 4.69) is 15.8 Å². The van der Waals surface area contributed by atoms with Crippen molar-refractivity contribution in [3.63, 3.8) is 0 Å². The highest BCUT2D eigenvalue weighted by Crippen LogP contribution is 2.16. The first kappa shape index (κ1) is 17.1. The average Bonchev–Trinajstić information content (AvgIpc) is 3.23. The highest BCUT2D eigenvalue weighted by atomic mass is 32.1. The topological polar surface area (TPSA) is 127 Å². The second kappa shape index (κ2) is 8.39. The van der Waals surface area contributed by atoms with Crippen molar-refractivity contribution >= 4 is 41.3 Å². The van der Waals surface area contributed by atoms with Crippen LogP contribution in [0.1, 0.15) is 15.4 Å². The number of hydrogen-bond acceptors (Lipinski definition) is 7. The van der Waals surface area contributed by atoms with Crippen LogP contribution in [0.4, 0.5) is 5.88 Å². The SMILES string of the molecule is O=C(CNC(=O)c1cccs1)N/N=C/C=C/c1ccc([N+](=O)[O-])o1. The average molecular weight is 348 g/mol. The molecule has 9 nitrogen and oxygen atoms in total. The minimum Gasteiger partial charge on any atom is -0.401 e. The zero-order chi connectivity index (χ0) is 17.4. The predicted molar refractivity (Wildman–Crippen MR) is 87.7 cm³/mol. The van der Waals surface area contributed by atoms with Gasteiger partial charge in [0.1, 0.15) is 10.7 Å². The number of carbonyl (C=O) groups excluding carboxylic acids is 2. The quantitative estimate of drug-likeness (QED) is 0.448. The molecular formula is C14H12N4O5S. The number of nitrogens with one attached hydrogen (secondary N) is 2. The highest BCUT2D eigenvalue weighted by Gasteiger charge is 2.09. The van der Waals surface area contributed by atoms with E-state index in [9.17, 15) is 19.7 Å². The van der Waals surface area contributed by atoms with Gasteiger partial charge in [0, 0.05) is 6.21 Å². The van der Waals surface area contributed by atoms with Crippen molar-refractivity contribution < 1.29 is 18.9 Å². The van der Waals surface area contributed by atoms with Gasteiger partial charge < -0.3 is 9.73 Å². The normalized spacial score (nSPS) is 11.0. The van der Waals surface area contributed by atoms with E-state index in [0.717, 1.165) is 0 Å². The summed E-state index contributed by atoms with van der Waals surface area (Å²) in [6, 6.07) is 6.06. The van der Waals surface area contributed by atoms with Gasteiger partial charge in [-0.25, -0.2) is 5.43 Å². The Labute approximate surface area is 139 Å². The summed E-state index contributed by atoms with van der Waals surface area (Å²) in [7, 11) is 0. The molecule has 0 bridgehead atoms. The van der Waals surface area contributed by atoms with E-state index >= 15 is 0 Å². The summed E-state index contributed by atoms with van der Waals surface area (Å²) in [5.41, 5.74) is 2.22. The summed E-state index contributed by atoms with van der Waals surface area (Å²) < 4.78 is 4.89. The molecule has 0 fully saturated rings. The standard InChI is InChI=1S/C14H12N4O5S/c19-12(9-15-14(20)11-4-2-8-24-11)17-16-7-1-3-10-5-6-13(23-10)18(21)22/h1-8H,9H2,(H,15,20)(H,17,19)/b3-1+,16-7+. The van der Waals surface area contributed by atoms with E-state index in [1.807, 2.05) is 0 Å². The maximum absolute atomic E-state index is 11.6. The van der Waals surface area contributed by atoms with Crippen LogP contribution in [0.2, 0.25) is 0 Å². The number of rotatable bonds is 7. The van der Waals surface area contributed by atoms with E-state index in [1.165, 1.54) is 41.8 Å². The summed E-state index contributed by atoms with van der Waals surface area (Å²) in [5.74, 6) is -0.898. The Balaban J connectivity index is 1.71. The van der Waals surface area contributed by atoms with Crippen molar-refractivity contribution in [1.82, 2.24) is 10.7 Å². The van der Waals surface area contributed by atoms with Gasteiger partial charge in [-0.3, -0.25) is 19.7 Å². The number of carbonyl (C=O) groups is 2. The molecule has 2 aromatic rings. The zero-order valence-electron chi connectivity index (χ0n) is 12.2. The van der Waals surface area contributed by atoms with Gasteiger partial charge in [0.15, 0.2) is 0 Å². The van der Waals surface area contributed by atoms with Crippen LogP contribution in [0.5, 0.6) is 0 Å². The summed E-state index contributed by atoms with van der Waals surface area (Å²) in [5, 5.41) is 18.3. The number of nitrogens with zero attached hydrogens (tertiary/aromatic N) is 2. The first-order valence-corrected chi connectivity index (χ1v) is 7.49. The van der Waals surface area contributed by atoms with Crippen molar-refractivity contribution in [1.29, 1.82) is 0 Å². The van der Waals surface area contributed by atoms with Crippen LogP contribution in [0, 0.1) is 10.1 Å². The van der Waals surface area contributed by atoms with Crippen molar-refractivity contribution in [3.05, 3.63) is 56.5 Å². The van der Waals surface area contributed by atoms with Gasteiger partial charge in [0.2, 0.25) is 0 Å². The lowest BCUT2D eigenvalue weighted by Crippen LogP contribution is -2.34. The lowest BCUT2D eigenvalue weighted by Gasteiger charge is -2.01. The maximum atomic E-state index is 11.6. The van der Waals surface area contributed by atoms with Gasteiger partial charge in [0.05, 0.1) is 17.5 Å². The molecule has 2 amide bonds. The molecule has 2 aromatic heterocycles. The number of amides is 2. The van der Waals surface area contributed by atoms with Crippen LogP contribution in [0.15, 0.2) is 45.2 Å². The summed E-state index contributed by atoms with van der Waals surface area (Å²) >= 11 is 1.28. The van der Waals surface area contributed by atoms with Crippen molar-refractivity contribution in [2.24, 2.45) is 5.10 Å². The first-order chi connectivity index (χ1) is 11.6. The van der Waals surface area contributed by atoms with Crippen LogP contribution in [-0.2, 0) is 4.79 Å². The Morgan fingerprint density at radius 3 is 2.88 bits per heavy atom. The molecule has 124 valence electrons. The fourth-order valence-electron chi connectivity index (χ4n) is 1.52. The molecule has 24 heavy (non-hydrogen) atoms. The minimum atomic E-state index is -0.643. The molecule has 2 rings (SSSR count). The molecule has 2 N–H and O–H groups in total. The molecule has 0 atom stereocenters. The Hall–Kier alpha value is -3.27. The zero-order valence-corrected chi connectivity index (χ0v) is 13.0. The molecule has 0 spiro atoms. The van der Waals surface area contributed by atoms with E-state index in [1.54, 1.807) is 17.5 Å². The second-order valence-corrected chi connectivity index (χ2v) is 5.21. The Kier molecular flexibility index (Phi) is 5.97. The van der Waals surface area contributed by atoms with Gasteiger partial charge in [-0.15, -0.1) is 11.3 Å².